The van der Waals surface area contributed by atoms with Gasteiger partial charge in [-0.25, -0.2) is 9.97 Å². The number of aromatic nitrogens is 3. The predicted molar refractivity (Wildman–Crippen MR) is 71.0 cm³/mol. The molecule has 0 saturated heterocycles. The fraction of sp³-hybridized carbons (Fsp3) is 0.0769. The second-order valence-corrected chi connectivity index (χ2v) is 4.80. The number of halogens is 1. The van der Waals surface area contributed by atoms with Crippen LogP contribution in [0.1, 0.15) is 5.69 Å². The molecule has 3 aromatic rings. The lowest BCUT2D eigenvalue weighted by Gasteiger charge is -1.96. The van der Waals surface area contributed by atoms with E-state index in [4.69, 9.17) is 4.42 Å². The molecule has 0 spiro atoms. The Bertz CT molecular complexity index is 629. The van der Waals surface area contributed by atoms with Crippen molar-refractivity contribution in [2.75, 3.05) is 0 Å². The molecular formula is C13H10BrN3O. The first-order chi connectivity index (χ1) is 8.81. The van der Waals surface area contributed by atoms with E-state index in [0.29, 0.717) is 12.4 Å². The van der Waals surface area contributed by atoms with Crippen LogP contribution in [0.3, 0.4) is 0 Å². The topological polar surface area (TPSA) is 43.9 Å². The standard InChI is InChI=1S/C13H10BrN3O/c14-11-3-1-10(2-4-11)13-16-12(8-18-13)7-17-6-5-15-9-17/h1-6,8-9H,7H2. The van der Waals surface area contributed by atoms with Crippen LogP contribution in [-0.4, -0.2) is 14.5 Å². The van der Waals surface area contributed by atoms with Crippen molar-refractivity contribution in [2.45, 2.75) is 6.54 Å². The van der Waals surface area contributed by atoms with Gasteiger partial charge in [0.15, 0.2) is 0 Å². The van der Waals surface area contributed by atoms with E-state index in [2.05, 4.69) is 25.9 Å². The average Bonchev–Trinajstić information content (AvgIpc) is 3.02. The lowest BCUT2D eigenvalue weighted by Crippen LogP contribution is -1.96. The Morgan fingerprint density at radius 3 is 2.78 bits per heavy atom. The minimum Gasteiger partial charge on any atom is -0.444 e. The van der Waals surface area contributed by atoms with Crippen LogP contribution in [0, 0.1) is 0 Å². The quantitative estimate of drug-likeness (QED) is 0.745. The Hall–Kier alpha value is -1.88. The Morgan fingerprint density at radius 2 is 2.06 bits per heavy atom. The van der Waals surface area contributed by atoms with Crippen molar-refractivity contribution in [1.29, 1.82) is 0 Å². The first-order valence-corrected chi connectivity index (χ1v) is 6.26. The molecule has 0 aliphatic rings. The van der Waals surface area contributed by atoms with Gasteiger partial charge in [0, 0.05) is 22.4 Å². The van der Waals surface area contributed by atoms with Gasteiger partial charge in [-0.15, -0.1) is 0 Å². The highest BCUT2D eigenvalue weighted by molar-refractivity contribution is 9.10. The summed E-state index contributed by atoms with van der Waals surface area (Å²) in [5.74, 6) is 0.637. The highest BCUT2D eigenvalue weighted by Gasteiger charge is 2.06. The van der Waals surface area contributed by atoms with E-state index in [1.165, 1.54) is 0 Å². The number of oxazole rings is 1. The summed E-state index contributed by atoms with van der Waals surface area (Å²) >= 11 is 3.40. The first kappa shape index (κ1) is 11.2. The van der Waals surface area contributed by atoms with Crippen LogP contribution in [-0.2, 0) is 6.54 Å². The zero-order chi connectivity index (χ0) is 12.4. The van der Waals surface area contributed by atoms with Gasteiger partial charge in [0.25, 0.3) is 0 Å². The van der Waals surface area contributed by atoms with Gasteiger partial charge in [0.05, 0.1) is 18.6 Å². The summed E-state index contributed by atoms with van der Waals surface area (Å²) in [7, 11) is 0. The third kappa shape index (κ3) is 2.36. The number of benzene rings is 1. The van der Waals surface area contributed by atoms with Crippen molar-refractivity contribution in [3.63, 3.8) is 0 Å². The molecule has 0 N–H and O–H groups in total. The number of hydrogen-bond donors (Lipinski definition) is 0. The van der Waals surface area contributed by atoms with Gasteiger partial charge in [-0.05, 0) is 24.3 Å². The van der Waals surface area contributed by atoms with Crippen LogP contribution in [0.2, 0.25) is 0 Å². The van der Waals surface area contributed by atoms with Gasteiger partial charge in [0.1, 0.15) is 6.26 Å². The molecule has 2 aromatic heterocycles. The summed E-state index contributed by atoms with van der Waals surface area (Å²) in [5, 5.41) is 0. The summed E-state index contributed by atoms with van der Waals surface area (Å²) in [6.07, 6.45) is 7.08. The number of nitrogens with zero attached hydrogens (tertiary/aromatic N) is 3. The molecule has 0 saturated carbocycles. The minimum absolute atomic E-state index is 0.637. The third-order valence-electron chi connectivity index (χ3n) is 2.55. The van der Waals surface area contributed by atoms with Crippen molar-refractivity contribution in [1.82, 2.24) is 14.5 Å². The van der Waals surface area contributed by atoms with Gasteiger partial charge in [-0.2, -0.15) is 0 Å². The minimum atomic E-state index is 0.637. The smallest absolute Gasteiger partial charge is 0.226 e. The molecule has 0 bridgehead atoms. The van der Waals surface area contributed by atoms with Crippen LogP contribution >= 0.6 is 15.9 Å². The van der Waals surface area contributed by atoms with Crippen molar-refractivity contribution >= 4 is 15.9 Å². The zero-order valence-electron chi connectivity index (χ0n) is 9.45. The van der Waals surface area contributed by atoms with Crippen molar-refractivity contribution in [2.24, 2.45) is 0 Å². The largest absolute Gasteiger partial charge is 0.444 e. The molecule has 1 aromatic carbocycles. The molecule has 0 atom stereocenters. The highest BCUT2D eigenvalue weighted by Crippen LogP contribution is 2.21. The van der Waals surface area contributed by atoms with Crippen molar-refractivity contribution in [3.8, 4) is 11.5 Å². The van der Waals surface area contributed by atoms with Crippen molar-refractivity contribution < 1.29 is 4.42 Å². The molecule has 0 amide bonds. The molecular weight excluding hydrogens is 294 g/mol. The molecule has 0 unspecified atom stereocenters. The van der Waals surface area contributed by atoms with Crippen LogP contribution in [0.15, 0.2) is 58.1 Å². The van der Waals surface area contributed by atoms with E-state index in [1.54, 1.807) is 18.8 Å². The van der Waals surface area contributed by atoms with Gasteiger partial charge >= 0.3 is 0 Å². The fourth-order valence-corrected chi connectivity index (χ4v) is 1.94. The second-order valence-electron chi connectivity index (χ2n) is 3.89. The van der Waals surface area contributed by atoms with Crippen LogP contribution in [0.4, 0.5) is 0 Å². The molecule has 0 aliphatic heterocycles. The summed E-state index contributed by atoms with van der Waals surface area (Å²) < 4.78 is 8.47. The first-order valence-electron chi connectivity index (χ1n) is 5.47. The number of imidazole rings is 1. The van der Waals surface area contributed by atoms with Gasteiger partial charge < -0.3 is 8.98 Å². The number of hydrogen-bond acceptors (Lipinski definition) is 3. The monoisotopic (exact) mass is 303 g/mol. The number of rotatable bonds is 3. The second kappa shape index (κ2) is 4.78. The Balaban J connectivity index is 1.83. The molecule has 3 rings (SSSR count). The third-order valence-corrected chi connectivity index (χ3v) is 3.08. The maximum Gasteiger partial charge on any atom is 0.226 e. The zero-order valence-corrected chi connectivity index (χ0v) is 11.0. The van der Waals surface area contributed by atoms with Gasteiger partial charge in [0.2, 0.25) is 5.89 Å². The molecule has 2 heterocycles. The molecule has 0 radical (unpaired) electrons. The maximum atomic E-state index is 5.48. The van der Waals surface area contributed by atoms with Crippen LogP contribution in [0.5, 0.6) is 0 Å². The SMILES string of the molecule is Brc1ccc(-c2nc(Cn3ccnc3)co2)cc1. The Morgan fingerprint density at radius 1 is 1.22 bits per heavy atom. The molecule has 0 aliphatic carbocycles. The van der Waals surface area contributed by atoms with E-state index < -0.39 is 0 Å². The molecule has 0 fully saturated rings. The van der Waals surface area contributed by atoms with Crippen molar-refractivity contribution in [3.05, 3.63) is 59.4 Å². The predicted octanol–water partition coefficient (Wildman–Crippen LogP) is 3.35. The highest BCUT2D eigenvalue weighted by atomic mass is 79.9. The Labute approximate surface area is 112 Å². The van der Waals surface area contributed by atoms with Crippen LogP contribution in [0.25, 0.3) is 11.5 Å². The summed E-state index contributed by atoms with van der Waals surface area (Å²) in [6.45, 7) is 0.667. The normalized spacial score (nSPS) is 10.7. The van der Waals surface area contributed by atoms with Gasteiger partial charge in [-0.1, -0.05) is 15.9 Å². The average molecular weight is 304 g/mol. The molecule has 18 heavy (non-hydrogen) atoms. The summed E-state index contributed by atoms with van der Waals surface area (Å²) in [6, 6.07) is 7.87. The summed E-state index contributed by atoms with van der Waals surface area (Å²) in [4.78, 5) is 8.45. The van der Waals surface area contributed by atoms with E-state index in [1.807, 2.05) is 35.0 Å². The lowest BCUT2D eigenvalue weighted by atomic mass is 10.2. The van der Waals surface area contributed by atoms with E-state index in [-0.39, 0.29) is 0 Å². The maximum absolute atomic E-state index is 5.48. The van der Waals surface area contributed by atoms with Gasteiger partial charge in [-0.3, -0.25) is 0 Å². The lowest BCUT2D eigenvalue weighted by molar-refractivity contribution is 0.571. The molecule has 5 heteroatoms. The summed E-state index contributed by atoms with van der Waals surface area (Å²) in [5.41, 5.74) is 1.85. The molecule has 4 nitrogen and oxygen atoms in total. The van der Waals surface area contributed by atoms with E-state index in [9.17, 15) is 0 Å². The van der Waals surface area contributed by atoms with Crippen LogP contribution < -0.4 is 0 Å². The van der Waals surface area contributed by atoms with E-state index >= 15 is 0 Å². The molecule has 90 valence electrons. The fourth-order valence-electron chi connectivity index (χ4n) is 1.67. The van der Waals surface area contributed by atoms with E-state index in [0.717, 1.165) is 15.7 Å². The Kier molecular flexibility index (Phi) is 2.98.